The van der Waals surface area contributed by atoms with Crippen molar-refractivity contribution < 1.29 is 18.3 Å². The molecular weight excluding hydrogens is 634 g/mol. The molecule has 0 aliphatic heterocycles. The topological polar surface area (TPSA) is 158 Å². The molecule has 7 aromatic heterocycles. The van der Waals surface area contributed by atoms with Gasteiger partial charge in [-0.2, -0.15) is 15.1 Å². The maximum atomic E-state index is 6.38. The van der Waals surface area contributed by atoms with Gasteiger partial charge in [0.15, 0.2) is 5.65 Å². The van der Waals surface area contributed by atoms with Crippen LogP contribution in [0.4, 0.5) is 11.6 Å². The number of H-pyrrole nitrogens is 2. The lowest BCUT2D eigenvalue weighted by Crippen LogP contribution is -2.00. The lowest BCUT2D eigenvalue weighted by Gasteiger charge is -2.08. The number of furan rings is 2. The van der Waals surface area contributed by atoms with Crippen molar-refractivity contribution in [1.29, 1.82) is 0 Å². The van der Waals surface area contributed by atoms with Crippen LogP contribution in [-0.4, -0.2) is 53.9 Å². The van der Waals surface area contributed by atoms with E-state index in [0.717, 1.165) is 55.1 Å². The van der Waals surface area contributed by atoms with Crippen molar-refractivity contribution in [1.82, 2.24) is 39.7 Å². The summed E-state index contributed by atoms with van der Waals surface area (Å²) in [7, 11) is 3.19. The summed E-state index contributed by atoms with van der Waals surface area (Å²) < 4.78 is 26.1. The second kappa shape index (κ2) is 10.7. The van der Waals surface area contributed by atoms with Crippen LogP contribution < -0.4 is 14.8 Å². The van der Waals surface area contributed by atoms with E-state index in [2.05, 4.69) is 41.5 Å². The van der Waals surface area contributed by atoms with Crippen molar-refractivity contribution in [3.63, 3.8) is 0 Å². The summed E-state index contributed by atoms with van der Waals surface area (Å²) in [5, 5.41) is 14.7. The van der Waals surface area contributed by atoms with E-state index in [4.69, 9.17) is 23.3 Å². The first kappa shape index (κ1) is 27.9. The van der Waals surface area contributed by atoms with Gasteiger partial charge in [0.2, 0.25) is 17.7 Å². The molecule has 0 unspecified atom stereocenters. The van der Waals surface area contributed by atoms with Crippen molar-refractivity contribution >= 4 is 66.5 Å². The van der Waals surface area contributed by atoms with Gasteiger partial charge < -0.3 is 33.2 Å². The summed E-state index contributed by atoms with van der Waals surface area (Å²) >= 11 is 0. The highest BCUT2D eigenvalue weighted by molar-refractivity contribution is 6.01. The molecule has 0 radical (unpaired) electrons. The number of ether oxygens (including phenoxy) is 2. The number of anilines is 2. The van der Waals surface area contributed by atoms with Crippen molar-refractivity contribution in [3.8, 4) is 40.1 Å². The number of para-hydroxylation sites is 1. The Labute approximate surface area is 281 Å². The summed E-state index contributed by atoms with van der Waals surface area (Å²) in [5.74, 6) is 2.60. The van der Waals surface area contributed by atoms with E-state index in [9.17, 15) is 0 Å². The molecule has 0 spiro atoms. The van der Waals surface area contributed by atoms with Gasteiger partial charge in [-0.25, -0.2) is 9.97 Å². The fourth-order valence-electron chi connectivity index (χ4n) is 6.55. The average Bonchev–Trinajstić information content (AvgIpc) is 3.98. The van der Waals surface area contributed by atoms with Crippen LogP contribution in [0.1, 0.15) is 0 Å². The first-order valence-electron chi connectivity index (χ1n) is 15.7. The van der Waals surface area contributed by atoms with Crippen LogP contribution >= 0.6 is 0 Å². The average molecular weight is 660 g/mol. The molecule has 13 nitrogen and oxygen atoms in total. The van der Waals surface area contributed by atoms with E-state index in [-0.39, 0.29) is 0 Å². The second-order valence-electron chi connectivity index (χ2n) is 11.8. The molecule has 0 amide bonds. The minimum Gasteiger partial charge on any atom is -0.480 e. The summed E-state index contributed by atoms with van der Waals surface area (Å²) in [6.07, 6.45) is 7.12. The van der Waals surface area contributed by atoms with Crippen molar-refractivity contribution in [2.75, 3.05) is 19.5 Å². The summed E-state index contributed by atoms with van der Waals surface area (Å²) in [6.45, 7) is 0. The normalized spacial score (nSPS) is 11.8. The Morgan fingerprint density at radius 3 is 2.48 bits per heavy atom. The largest absolute Gasteiger partial charge is 0.480 e. The van der Waals surface area contributed by atoms with Gasteiger partial charge in [0.1, 0.15) is 34.7 Å². The number of benzene rings is 3. The first-order chi connectivity index (χ1) is 24.6. The molecule has 13 heteroatoms. The van der Waals surface area contributed by atoms with E-state index in [1.807, 2.05) is 83.7 Å². The predicted molar refractivity (Wildman–Crippen MR) is 189 cm³/mol. The molecule has 0 aliphatic carbocycles. The van der Waals surface area contributed by atoms with E-state index in [1.165, 1.54) is 6.33 Å². The number of aromatic amines is 2. The van der Waals surface area contributed by atoms with Gasteiger partial charge in [0.05, 0.1) is 42.3 Å². The fourth-order valence-corrected chi connectivity index (χ4v) is 6.55. The summed E-state index contributed by atoms with van der Waals surface area (Å²) in [6, 6.07) is 23.8. The van der Waals surface area contributed by atoms with E-state index >= 15 is 0 Å². The number of nitrogens with zero attached hydrogens (tertiary/aromatic N) is 6. The van der Waals surface area contributed by atoms with Crippen LogP contribution in [0.2, 0.25) is 0 Å². The molecule has 3 N–H and O–H groups in total. The van der Waals surface area contributed by atoms with E-state index in [1.54, 1.807) is 20.4 Å². The zero-order valence-corrected chi connectivity index (χ0v) is 26.6. The second-order valence-corrected chi connectivity index (χ2v) is 11.8. The van der Waals surface area contributed by atoms with Crippen molar-refractivity contribution in [2.24, 2.45) is 0 Å². The highest BCUT2D eigenvalue weighted by atomic mass is 16.5. The molecular formula is C37H25N9O4. The molecule has 0 saturated carbocycles. The number of aromatic nitrogens is 8. The molecule has 0 saturated heterocycles. The quantitative estimate of drug-likeness (QED) is 0.152. The Hall–Kier alpha value is -7.15. The molecule has 10 aromatic rings. The molecule has 10 rings (SSSR count). The standard InChI is InChI=1S/C37H25N9O4/c1-47-35-32-25(30-13-19-5-3-4-6-27(19)49-30)17-46(34(32)39-18-40-35)23-8-10-28-20(12-23)14-29(50-28)24-16-38-33-31(24)36(48-2)44-37(43-33)42-22-7-9-26-21(11-22)15-41-45-26/h3-18H,1-2H3,(H,41,45)(H2,38,42,43,44). The molecule has 0 aliphatic rings. The monoisotopic (exact) mass is 659 g/mol. The predicted octanol–water partition coefficient (Wildman–Crippen LogP) is 8.16. The van der Waals surface area contributed by atoms with Crippen LogP contribution in [0.3, 0.4) is 0 Å². The highest BCUT2D eigenvalue weighted by Gasteiger charge is 2.22. The fraction of sp³-hybridized carbons (Fsp3) is 0.0541. The molecule has 50 heavy (non-hydrogen) atoms. The highest BCUT2D eigenvalue weighted by Crippen LogP contribution is 2.41. The maximum absolute atomic E-state index is 6.38. The first-order valence-corrected chi connectivity index (χ1v) is 15.7. The van der Waals surface area contributed by atoms with Crippen LogP contribution in [0.5, 0.6) is 11.8 Å². The summed E-state index contributed by atoms with van der Waals surface area (Å²) in [5.41, 5.74) is 7.04. The molecule has 0 bridgehead atoms. The van der Waals surface area contributed by atoms with Gasteiger partial charge in [-0.05, 0) is 54.6 Å². The lowest BCUT2D eigenvalue weighted by atomic mass is 10.1. The Bertz CT molecular complexity index is 2880. The molecule has 242 valence electrons. The number of methoxy groups -OCH3 is 2. The van der Waals surface area contributed by atoms with Crippen LogP contribution in [-0.2, 0) is 0 Å². The van der Waals surface area contributed by atoms with Gasteiger partial charge in [-0.1, -0.05) is 18.2 Å². The zero-order chi connectivity index (χ0) is 33.3. The Morgan fingerprint density at radius 1 is 0.760 bits per heavy atom. The van der Waals surface area contributed by atoms with Crippen molar-refractivity contribution in [2.45, 2.75) is 0 Å². The van der Waals surface area contributed by atoms with Crippen LogP contribution in [0, 0.1) is 0 Å². The van der Waals surface area contributed by atoms with Gasteiger partial charge in [0, 0.05) is 45.5 Å². The molecule has 0 atom stereocenters. The van der Waals surface area contributed by atoms with Gasteiger partial charge in [-0.3, -0.25) is 5.10 Å². The third kappa shape index (κ3) is 4.30. The molecule has 7 heterocycles. The third-order valence-electron chi connectivity index (χ3n) is 8.86. The zero-order valence-electron chi connectivity index (χ0n) is 26.6. The molecule has 0 fully saturated rings. The Balaban J connectivity index is 1.04. The SMILES string of the molecule is COc1nc(Nc2ccc3[nH]ncc3c2)nc2[nH]cc(-c3cc4cc(-n5cc(-c6cc7ccccc7o6)c6c(OC)ncnc65)ccc4o3)c12. The number of fused-ring (bicyclic) bond motifs is 5. The minimum atomic E-state index is 0.390. The van der Waals surface area contributed by atoms with Gasteiger partial charge in [-0.15, -0.1) is 0 Å². The van der Waals surface area contributed by atoms with E-state index < -0.39 is 0 Å². The number of hydrogen-bond donors (Lipinski definition) is 3. The van der Waals surface area contributed by atoms with Gasteiger partial charge in [0.25, 0.3) is 0 Å². The number of rotatable bonds is 7. The minimum absolute atomic E-state index is 0.390. The smallest absolute Gasteiger partial charge is 0.232 e. The lowest BCUT2D eigenvalue weighted by molar-refractivity contribution is 0.402. The number of nitrogens with one attached hydrogen (secondary N) is 3. The van der Waals surface area contributed by atoms with Crippen molar-refractivity contribution in [3.05, 3.63) is 97.7 Å². The third-order valence-corrected chi connectivity index (χ3v) is 8.86. The number of hydrogen-bond acceptors (Lipinski definition) is 10. The summed E-state index contributed by atoms with van der Waals surface area (Å²) in [4.78, 5) is 21.7. The maximum Gasteiger partial charge on any atom is 0.232 e. The van der Waals surface area contributed by atoms with Gasteiger partial charge >= 0.3 is 0 Å². The van der Waals surface area contributed by atoms with Crippen LogP contribution in [0.25, 0.3) is 83.2 Å². The Morgan fingerprint density at radius 2 is 1.60 bits per heavy atom. The van der Waals surface area contributed by atoms with Crippen LogP contribution in [0.15, 0.2) is 107 Å². The molecule has 3 aromatic carbocycles. The van der Waals surface area contributed by atoms with E-state index in [0.29, 0.717) is 51.5 Å². The Kier molecular flexibility index (Phi) is 5.96.